The van der Waals surface area contributed by atoms with Crippen molar-refractivity contribution in [3.8, 4) is 0 Å². The van der Waals surface area contributed by atoms with Crippen LogP contribution < -0.4 is 15.5 Å². The summed E-state index contributed by atoms with van der Waals surface area (Å²) in [4.78, 5) is 26.2. The summed E-state index contributed by atoms with van der Waals surface area (Å²) in [7, 11) is 1.91. The van der Waals surface area contributed by atoms with Crippen LogP contribution in [0.4, 0.5) is 21.9 Å². The molecule has 1 aliphatic heterocycles. The third kappa shape index (κ3) is 4.38. The van der Waals surface area contributed by atoms with Gasteiger partial charge in [0.15, 0.2) is 0 Å². The number of fused-ring (bicyclic) bond motifs is 1. The molecule has 142 valence electrons. The number of aliphatic hydroxyl groups is 1. The van der Waals surface area contributed by atoms with Crippen LogP contribution in [0.2, 0.25) is 0 Å². The van der Waals surface area contributed by atoms with Crippen LogP contribution in [-0.4, -0.2) is 43.4 Å². The Morgan fingerprint density at radius 2 is 2.00 bits per heavy atom. The van der Waals surface area contributed by atoms with Crippen LogP contribution in [0.25, 0.3) is 0 Å². The number of carbonyl (C=O) groups is 2. The second kappa shape index (κ2) is 8.09. The number of hydrogen-bond acceptors (Lipinski definition) is 5. The van der Waals surface area contributed by atoms with Gasteiger partial charge in [0, 0.05) is 42.6 Å². The molecule has 0 aliphatic carbocycles. The molecule has 0 saturated heterocycles. The van der Waals surface area contributed by atoms with E-state index in [1.807, 2.05) is 24.1 Å². The molecule has 3 rings (SSSR count). The molecular weight excluding hydrogens is 346 g/mol. The van der Waals surface area contributed by atoms with Crippen LogP contribution in [-0.2, 0) is 11.2 Å². The SMILES string of the molecule is CCOC(=O)c1cccc(NC(=O)Nc2cccc3c2CC(O)CN3C)c1. The second-order valence-electron chi connectivity index (χ2n) is 6.42. The molecule has 1 aliphatic rings. The van der Waals surface area contributed by atoms with Crippen molar-refractivity contribution >= 4 is 29.1 Å². The second-order valence-corrected chi connectivity index (χ2v) is 6.42. The maximum absolute atomic E-state index is 12.4. The highest BCUT2D eigenvalue weighted by Gasteiger charge is 2.23. The first-order valence-electron chi connectivity index (χ1n) is 8.84. The Morgan fingerprint density at radius 3 is 2.78 bits per heavy atom. The van der Waals surface area contributed by atoms with Gasteiger partial charge in [-0.25, -0.2) is 9.59 Å². The van der Waals surface area contributed by atoms with Gasteiger partial charge in [-0.1, -0.05) is 12.1 Å². The summed E-state index contributed by atoms with van der Waals surface area (Å²) in [6.07, 6.45) is 0.00356. The van der Waals surface area contributed by atoms with E-state index < -0.39 is 18.1 Å². The molecule has 3 N–H and O–H groups in total. The van der Waals surface area contributed by atoms with Gasteiger partial charge in [0.25, 0.3) is 0 Å². The van der Waals surface area contributed by atoms with E-state index in [9.17, 15) is 14.7 Å². The summed E-state index contributed by atoms with van der Waals surface area (Å²) in [6.45, 7) is 2.59. The summed E-state index contributed by atoms with van der Waals surface area (Å²) in [6, 6.07) is 11.8. The summed E-state index contributed by atoms with van der Waals surface area (Å²) in [5, 5.41) is 15.6. The molecule has 0 fully saturated rings. The lowest BCUT2D eigenvalue weighted by Gasteiger charge is -2.32. The van der Waals surface area contributed by atoms with E-state index >= 15 is 0 Å². The minimum atomic E-state index is -0.477. The quantitative estimate of drug-likeness (QED) is 0.721. The Bertz CT molecular complexity index is 853. The van der Waals surface area contributed by atoms with Crippen molar-refractivity contribution in [2.24, 2.45) is 0 Å². The Labute approximate surface area is 157 Å². The highest BCUT2D eigenvalue weighted by atomic mass is 16.5. The van der Waals surface area contributed by atoms with Crippen LogP contribution in [0.1, 0.15) is 22.8 Å². The van der Waals surface area contributed by atoms with Crippen LogP contribution in [0.15, 0.2) is 42.5 Å². The lowest BCUT2D eigenvalue weighted by atomic mass is 9.98. The number of amides is 2. The van der Waals surface area contributed by atoms with Gasteiger partial charge in [-0.2, -0.15) is 0 Å². The van der Waals surface area contributed by atoms with Crippen LogP contribution in [0, 0.1) is 0 Å². The summed E-state index contributed by atoms with van der Waals surface area (Å²) in [5.74, 6) is -0.435. The van der Waals surface area contributed by atoms with E-state index in [1.54, 1.807) is 37.3 Å². The van der Waals surface area contributed by atoms with Crippen LogP contribution in [0.5, 0.6) is 0 Å². The molecule has 1 atom stereocenters. The van der Waals surface area contributed by atoms with Crippen LogP contribution in [0.3, 0.4) is 0 Å². The fraction of sp³-hybridized carbons (Fsp3) is 0.300. The number of benzene rings is 2. The van der Waals surface area contributed by atoms with Crippen molar-refractivity contribution in [2.45, 2.75) is 19.4 Å². The molecule has 0 saturated carbocycles. The predicted molar refractivity (Wildman–Crippen MR) is 104 cm³/mol. The lowest BCUT2D eigenvalue weighted by molar-refractivity contribution is 0.0526. The standard InChI is InChI=1S/C20H23N3O4/c1-3-27-19(25)13-6-4-7-14(10-13)21-20(26)22-17-8-5-9-18-16(17)11-15(24)12-23(18)2/h4-10,15,24H,3,11-12H2,1-2H3,(H2,21,22,26). The number of hydrogen-bond donors (Lipinski definition) is 3. The molecule has 0 radical (unpaired) electrons. The molecule has 7 heteroatoms. The number of β-amino-alcohol motifs (C(OH)–C–C–N with tert-alkyl or cyclic N) is 1. The average molecular weight is 369 g/mol. The lowest BCUT2D eigenvalue weighted by Crippen LogP contribution is -2.36. The molecule has 0 bridgehead atoms. The van der Waals surface area contributed by atoms with Gasteiger partial charge < -0.3 is 25.4 Å². The first-order valence-corrected chi connectivity index (χ1v) is 8.84. The average Bonchev–Trinajstić information content (AvgIpc) is 2.63. The topological polar surface area (TPSA) is 90.9 Å². The van der Waals surface area contributed by atoms with Crippen molar-refractivity contribution in [1.82, 2.24) is 0 Å². The fourth-order valence-electron chi connectivity index (χ4n) is 3.20. The zero-order chi connectivity index (χ0) is 19.4. The predicted octanol–water partition coefficient (Wildman–Crippen LogP) is 2.86. The molecule has 7 nitrogen and oxygen atoms in total. The van der Waals surface area contributed by atoms with Crippen molar-refractivity contribution in [3.05, 3.63) is 53.6 Å². The van der Waals surface area contributed by atoms with Crippen molar-refractivity contribution in [1.29, 1.82) is 0 Å². The van der Waals surface area contributed by atoms with Gasteiger partial charge in [-0.15, -0.1) is 0 Å². The minimum absolute atomic E-state index is 0.288. The number of ether oxygens (including phenoxy) is 1. The van der Waals surface area contributed by atoms with E-state index in [0.29, 0.717) is 29.9 Å². The number of rotatable bonds is 4. The number of urea groups is 1. The first-order chi connectivity index (χ1) is 13.0. The number of nitrogens with zero attached hydrogens (tertiary/aromatic N) is 1. The minimum Gasteiger partial charge on any atom is -0.462 e. The van der Waals surface area contributed by atoms with E-state index in [2.05, 4.69) is 10.6 Å². The van der Waals surface area contributed by atoms with Gasteiger partial charge in [-0.3, -0.25) is 0 Å². The monoisotopic (exact) mass is 369 g/mol. The van der Waals surface area contributed by atoms with Crippen LogP contribution >= 0.6 is 0 Å². The molecule has 0 aromatic heterocycles. The third-order valence-electron chi connectivity index (χ3n) is 4.37. The van der Waals surface area contributed by atoms with Crippen molar-refractivity contribution in [3.63, 3.8) is 0 Å². The van der Waals surface area contributed by atoms with E-state index in [-0.39, 0.29) is 6.61 Å². The molecule has 1 heterocycles. The Balaban J connectivity index is 1.73. The van der Waals surface area contributed by atoms with E-state index in [0.717, 1.165) is 11.3 Å². The van der Waals surface area contributed by atoms with Gasteiger partial charge >= 0.3 is 12.0 Å². The highest BCUT2D eigenvalue weighted by Crippen LogP contribution is 2.32. The number of nitrogens with one attached hydrogen (secondary N) is 2. The fourth-order valence-corrected chi connectivity index (χ4v) is 3.20. The van der Waals surface area contributed by atoms with Crippen molar-refractivity contribution < 1.29 is 19.4 Å². The maximum Gasteiger partial charge on any atom is 0.338 e. The number of aliphatic hydroxyl groups excluding tert-OH is 1. The van der Waals surface area contributed by atoms with Gasteiger partial charge in [0.1, 0.15) is 0 Å². The van der Waals surface area contributed by atoms with Gasteiger partial charge in [0.05, 0.1) is 18.3 Å². The first kappa shape index (κ1) is 18.7. The normalized spacial score (nSPS) is 15.7. The zero-order valence-electron chi connectivity index (χ0n) is 15.4. The Kier molecular flexibility index (Phi) is 5.61. The van der Waals surface area contributed by atoms with E-state index in [4.69, 9.17) is 4.74 Å². The van der Waals surface area contributed by atoms with Gasteiger partial charge in [-0.05, 0) is 37.3 Å². The van der Waals surface area contributed by atoms with Crippen molar-refractivity contribution in [2.75, 3.05) is 35.7 Å². The number of carbonyl (C=O) groups excluding carboxylic acids is 2. The third-order valence-corrected chi connectivity index (χ3v) is 4.37. The molecule has 27 heavy (non-hydrogen) atoms. The molecule has 2 aromatic carbocycles. The largest absolute Gasteiger partial charge is 0.462 e. The maximum atomic E-state index is 12.4. The van der Waals surface area contributed by atoms with Gasteiger partial charge in [0.2, 0.25) is 0 Å². The number of anilines is 3. The Morgan fingerprint density at radius 1 is 1.22 bits per heavy atom. The number of esters is 1. The summed E-state index contributed by atoms with van der Waals surface area (Å²) < 4.78 is 4.97. The molecule has 0 spiro atoms. The molecule has 2 amide bonds. The zero-order valence-corrected chi connectivity index (χ0v) is 15.4. The smallest absolute Gasteiger partial charge is 0.338 e. The molecule has 2 aromatic rings. The highest BCUT2D eigenvalue weighted by molar-refractivity contribution is 6.01. The summed E-state index contributed by atoms with van der Waals surface area (Å²) in [5.41, 5.74) is 3.39. The number of likely N-dealkylation sites (N-methyl/N-ethyl adjacent to an activating group) is 1. The summed E-state index contributed by atoms with van der Waals surface area (Å²) >= 11 is 0. The molecule has 1 unspecified atom stereocenters. The Hall–Kier alpha value is -3.06. The molecular formula is C20H23N3O4. The van der Waals surface area contributed by atoms with E-state index in [1.165, 1.54) is 0 Å².